The van der Waals surface area contributed by atoms with Crippen molar-refractivity contribution in [3.63, 3.8) is 0 Å². The van der Waals surface area contributed by atoms with Crippen molar-refractivity contribution in [1.82, 2.24) is 4.98 Å². The Kier molecular flexibility index (Phi) is 5.63. The first-order valence-electron chi connectivity index (χ1n) is 9.67. The van der Waals surface area contributed by atoms with Crippen molar-refractivity contribution in [2.75, 3.05) is 4.72 Å². The van der Waals surface area contributed by atoms with Gasteiger partial charge < -0.3 is 5.11 Å². The zero-order valence-electron chi connectivity index (χ0n) is 17.0. The van der Waals surface area contributed by atoms with Crippen molar-refractivity contribution in [3.8, 4) is 11.8 Å². The lowest BCUT2D eigenvalue weighted by Crippen LogP contribution is -2.14. The largest absolute Gasteiger partial charge is 0.477 e. The molecule has 0 spiro atoms. The molecule has 0 fully saturated rings. The number of para-hydroxylation sites is 1. The second-order valence-corrected chi connectivity index (χ2v) is 8.72. The van der Waals surface area contributed by atoms with Gasteiger partial charge in [0, 0.05) is 22.7 Å². The van der Waals surface area contributed by atoms with E-state index in [0.29, 0.717) is 27.8 Å². The van der Waals surface area contributed by atoms with Gasteiger partial charge in [0.2, 0.25) is 0 Å². The van der Waals surface area contributed by atoms with Crippen LogP contribution in [-0.4, -0.2) is 24.5 Å². The van der Waals surface area contributed by atoms with E-state index in [1.54, 1.807) is 61.5 Å². The minimum atomic E-state index is -3.86. The topological polar surface area (TPSA) is 96.4 Å². The van der Waals surface area contributed by atoms with Gasteiger partial charge in [-0.15, -0.1) is 0 Å². The third-order valence-electron chi connectivity index (χ3n) is 4.83. The third-order valence-corrected chi connectivity index (χ3v) is 6.26. The molecule has 6 nitrogen and oxygen atoms in total. The molecule has 0 amide bonds. The summed E-state index contributed by atoms with van der Waals surface area (Å²) < 4.78 is 29.0. The van der Waals surface area contributed by atoms with Gasteiger partial charge in [-0.2, -0.15) is 0 Å². The van der Waals surface area contributed by atoms with E-state index in [1.807, 2.05) is 18.2 Å². The van der Waals surface area contributed by atoms with Gasteiger partial charge in [-0.3, -0.25) is 4.72 Å². The highest BCUT2D eigenvalue weighted by Crippen LogP contribution is 2.26. The number of anilines is 1. The molecular formula is C25H18N2O4S. The van der Waals surface area contributed by atoms with Crippen LogP contribution in [0.4, 0.5) is 5.69 Å². The molecule has 158 valence electrons. The molecule has 4 aromatic rings. The van der Waals surface area contributed by atoms with Crippen molar-refractivity contribution in [3.05, 3.63) is 101 Å². The highest BCUT2D eigenvalue weighted by molar-refractivity contribution is 7.93. The lowest BCUT2D eigenvalue weighted by molar-refractivity contribution is 0.0689. The Bertz CT molecular complexity index is 1510. The second kappa shape index (κ2) is 8.53. The summed E-state index contributed by atoms with van der Waals surface area (Å²) in [5.74, 6) is 4.77. The Morgan fingerprint density at radius 3 is 2.47 bits per heavy atom. The Morgan fingerprint density at radius 2 is 1.69 bits per heavy atom. The number of aromatic carboxylic acids is 1. The summed E-state index contributed by atoms with van der Waals surface area (Å²) in [5, 5.41) is 10.6. The second-order valence-electron chi connectivity index (χ2n) is 7.07. The van der Waals surface area contributed by atoms with Crippen molar-refractivity contribution in [1.29, 1.82) is 0 Å². The molecule has 0 saturated heterocycles. The van der Waals surface area contributed by atoms with E-state index >= 15 is 0 Å². The average Bonchev–Trinajstić information content (AvgIpc) is 2.77. The molecule has 0 unspecified atom stereocenters. The van der Waals surface area contributed by atoms with Crippen molar-refractivity contribution < 1.29 is 18.3 Å². The minimum absolute atomic E-state index is 0.0289. The number of carboxylic acid groups (broad SMARTS) is 1. The van der Waals surface area contributed by atoms with Crippen LogP contribution in [0.5, 0.6) is 0 Å². The molecule has 0 saturated carbocycles. The number of aryl methyl sites for hydroxylation is 1. The monoisotopic (exact) mass is 442 g/mol. The molecule has 0 bridgehead atoms. The molecule has 0 atom stereocenters. The smallest absolute Gasteiger partial charge is 0.354 e. The van der Waals surface area contributed by atoms with Crippen LogP contribution in [0, 0.1) is 18.8 Å². The third kappa shape index (κ3) is 4.31. The Balaban J connectivity index is 1.69. The van der Waals surface area contributed by atoms with E-state index < -0.39 is 16.0 Å². The van der Waals surface area contributed by atoms with E-state index in [2.05, 4.69) is 21.5 Å². The summed E-state index contributed by atoms with van der Waals surface area (Å²) in [5.41, 5.74) is 1.82. The summed E-state index contributed by atoms with van der Waals surface area (Å²) in [6.07, 6.45) is 1.38. The lowest BCUT2D eigenvalue weighted by atomic mass is 10.1. The average molecular weight is 442 g/mol. The lowest BCUT2D eigenvalue weighted by Gasteiger charge is -2.12. The van der Waals surface area contributed by atoms with Crippen LogP contribution >= 0.6 is 0 Å². The number of benzene rings is 3. The first kappa shape index (κ1) is 21.1. The van der Waals surface area contributed by atoms with Gasteiger partial charge in [-0.25, -0.2) is 18.2 Å². The van der Waals surface area contributed by atoms with Crippen LogP contribution < -0.4 is 4.72 Å². The predicted octanol–water partition coefficient (Wildman–Crippen LogP) is 4.44. The van der Waals surface area contributed by atoms with Gasteiger partial charge in [-0.05, 0) is 42.1 Å². The van der Waals surface area contributed by atoms with E-state index in [9.17, 15) is 13.2 Å². The Morgan fingerprint density at radius 1 is 0.969 bits per heavy atom. The number of hydrogen-bond donors (Lipinski definition) is 2. The number of sulfonamides is 1. The number of carbonyl (C=O) groups is 1. The fourth-order valence-corrected chi connectivity index (χ4v) is 4.63. The fraction of sp³-hybridized carbons (Fsp3) is 0.0400. The van der Waals surface area contributed by atoms with Crippen molar-refractivity contribution in [2.24, 2.45) is 0 Å². The van der Waals surface area contributed by atoms with Crippen LogP contribution in [0.1, 0.15) is 27.2 Å². The number of carboxylic acids is 1. The number of pyridine rings is 1. The van der Waals surface area contributed by atoms with Gasteiger partial charge in [0.25, 0.3) is 10.0 Å². The molecule has 4 rings (SSSR count). The SMILES string of the molecule is Cc1cc(C#Cc2ccccc2NS(=O)(=O)c2cccc3ccccc23)cnc1C(=O)O. The van der Waals surface area contributed by atoms with Gasteiger partial charge in [-0.1, -0.05) is 60.4 Å². The maximum Gasteiger partial charge on any atom is 0.354 e. The highest BCUT2D eigenvalue weighted by atomic mass is 32.2. The molecule has 1 heterocycles. The summed E-state index contributed by atoms with van der Waals surface area (Å²) in [6.45, 7) is 1.65. The summed E-state index contributed by atoms with van der Waals surface area (Å²) in [7, 11) is -3.86. The van der Waals surface area contributed by atoms with Crippen molar-refractivity contribution in [2.45, 2.75) is 11.8 Å². The quantitative estimate of drug-likeness (QED) is 0.456. The number of rotatable bonds is 4. The molecule has 32 heavy (non-hydrogen) atoms. The fourth-order valence-electron chi connectivity index (χ4n) is 3.32. The molecule has 2 N–H and O–H groups in total. The number of fused-ring (bicyclic) bond motifs is 1. The van der Waals surface area contributed by atoms with Crippen LogP contribution in [-0.2, 0) is 10.0 Å². The van der Waals surface area contributed by atoms with E-state index in [0.717, 1.165) is 5.39 Å². The Hall–Kier alpha value is -4.15. The van der Waals surface area contributed by atoms with Gasteiger partial charge in [0.15, 0.2) is 5.69 Å². The number of hydrogen-bond acceptors (Lipinski definition) is 4. The van der Waals surface area contributed by atoms with Crippen LogP contribution in [0.25, 0.3) is 10.8 Å². The molecule has 0 aliphatic rings. The first-order chi connectivity index (χ1) is 15.3. The molecule has 7 heteroatoms. The van der Waals surface area contributed by atoms with E-state index in [-0.39, 0.29) is 10.6 Å². The number of nitrogens with one attached hydrogen (secondary N) is 1. The molecule has 0 aliphatic carbocycles. The normalized spacial score (nSPS) is 10.9. The minimum Gasteiger partial charge on any atom is -0.477 e. The standard InChI is InChI=1S/C25H18N2O4S/c1-17-15-18(16-26-24(17)25(28)29)13-14-20-8-3-5-11-22(20)27-32(30,31)23-12-6-9-19-7-2-4-10-21(19)23/h2-12,15-16,27H,1H3,(H,28,29). The van der Waals surface area contributed by atoms with E-state index in [1.165, 1.54) is 6.20 Å². The van der Waals surface area contributed by atoms with Crippen LogP contribution in [0.3, 0.4) is 0 Å². The summed E-state index contributed by atoms with van der Waals surface area (Å²) >= 11 is 0. The summed E-state index contributed by atoms with van der Waals surface area (Å²) in [6, 6.07) is 20.9. The highest BCUT2D eigenvalue weighted by Gasteiger charge is 2.18. The molecule has 1 aromatic heterocycles. The predicted molar refractivity (Wildman–Crippen MR) is 123 cm³/mol. The van der Waals surface area contributed by atoms with Gasteiger partial charge >= 0.3 is 5.97 Å². The molecular weight excluding hydrogens is 424 g/mol. The van der Waals surface area contributed by atoms with Crippen molar-refractivity contribution >= 4 is 32.5 Å². The van der Waals surface area contributed by atoms with Gasteiger partial charge in [0.05, 0.1) is 10.6 Å². The molecule has 0 aliphatic heterocycles. The maximum atomic E-state index is 13.2. The molecule has 3 aromatic carbocycles. The summed E-state index contributed by atoms with van der Waals surface area (Å²) in [4.78, 5) is 15.2. The van der Waals surface area contributed by atoms with E-state index in [4.69, 9.17) is 5.11 Å². The maximum absolute atomic E-state index is 13.2. The zero-order valence-corrected chi connectivity index (χ0v) is 17.8. The first-order valence-corrected chi connectivity index (χ1v) is 11.1. The molecule has 0 radical (unpaired) electrons. The zero-order chi connectivity index (χ0) is 22.7. The van der Waals surface area contributed by atoms with Crippen LogP contribution in [0.15, 0.2) is 83.9 Å². The number of nitrogens with zero attached hydrogens (tertiary/aromatic N) is 1. The van der Waals surface area contributed by atoms with Crippen LogP contribution in [0.2, 0.25) is 0 Å². The van der Waals surface area contributed by atoms with Gasteiger partial charge in [0.1, 0.15) is 0 Å². The Labute approximate surface area is 185 Å². The number of aromatic nitrogens is 1.